The lowest BCUT2D eigenvalue weighted by Gasteiger charge is -2.11. The van der Waals surface area contributed by atoms with Crippen LogP contribution in [-0.4, -0.2) is 23.3 Å². The van der Waals surface area contributed by atoms with E-state index in [2.05, 4.69) is 15.6 Å². The molecule has 0 aliphatic carbocycles. The van der Waals surface area contributed by atoms with Gasteiger partial charge in [0, 0.05) is 29.6 Å². The van der Waals surface area contributed by atoms with Gasteiger partial charge in [-0.15, -0.1) is 11.3 Å². The molecular formula is C17H19N3O2S. The third-order valence-electron chi connectivity index (χ3n) is 3.83. The van der Waals surface area contributed by atoms with E-state index in [0.29, 0.717) is 12.1 Å². The van der Waals surface area contributed by atoms with E-state index in [0.717, 1.165) is 29.1 Å². The molecule has 23 heavy (non-hydrogen) atoms. The van der Waals surface area contributed by atoms with Crippen LogP contribution in [0.5, 0.6) is 0 Å². The zero-order chi connectivity index (χ0) is 16.2. The van der Waals surface area contributed by atoms with E-state index >= 15 is 0 Å². The second kappa shape index (κ2) is 6.91. The minimum atomic E-state index is -0.222. The fourth-order valence-electron chi connectivity index (χ4n) is 2.72. The number of rotatable bonds is 6. The lowest BCUT2D eigenvalue weighted by Crippen LogP contribution is -2.29. The number of aryl methyl sites for hydroxylation is 2. The fourth-order valence-corrected chi connectivity index (χ4v) is 3.54. The van der Waals surface area contributed by atoms with Crippen molar-refractivity contribution in [3.8, 4) is 0 Å². The first-order valence-electron chi connectivity index (χ1n) is 7.71. The molecule has 2 aromatic rings. The molecule has 1 aromatic heterocycles. The molecule has 0 saturated heterocycles. The lowest BCUT2D eigenvalue weighted by atomic mass is 10.0. The van der Waals surface area contributed by atoms with Gasteiger partial charge < -0.3 is 10.6 Å². The van der Waals surface area contributed by atoms with Crippen LogP contribution < -0.4 is 10.6 Å². The van der Waals surface area contributed by atoms with Crippen LogP contribution in [0, 0.1) is 6.92 Å². The van der Waals surface area contributed by atoms with Gasteiger partial charge >= 0.3 is 0 Å². The largest absolute Gasteiger partial charge is 0.356 e. The maximum Gasteiger partial charge on any atom is 0.252 e. The molecule has 120 valence electrons. The first kappa shape index (κ1) is 15.7. The number of benzene rings is 1. The van der Waals surface area contributed by atoms with Gasteiger partial charge in [-0.25, -0.2) is 4.98 Å². The summed E-state index contributed by atoms with van der Waals surface area (Å²) in [7, 11) is 0. The van der Waals surface area contributed by atoms with Crippen molar-refractivity contribution >= 4 is 23.2 Å². The zero-order valence-electron chi connectivity index (χ0n) is 13.0. The number of thiazole rings is 1. The van der Waals surface area contributed by atoms with E-state index in [9.17, 15) is 9.59 Å². The summed E-state index contributed by atoms with van der Waals surface area (Å²) >= 11 is 1.66. The molecule has 2 amide bonds. The van der Waals surface area contributed by atoms with Crippen LogP contribution >= 0.6 is 11.3 Å². The Hall–Kier alpha value is -2.21. The van der Waals surface area contributed by atoms with Gasteiger partial charge in [-0.1, -0.05) is 18.2 Å². The minimum absolute atomic E-state index is 0.0395. The van der Waals surface area contributed by atoms with Crippen molar-refractivity contribution in [2.45, 2.75) is 32.2 Å². The van der Waals surface area contributed by atoms with Gasteiger partial charge in [-0.05, 0) is 25.0 Å². The standard InChI is InChI=1S/C17H19N3O2S/c1-11-10-23-16(19-11)7-4-8-18-15(21)9-14-12-5-2-3-6-13(12)17(22)20-14/h2-3,5-6,10,14H,4,7-9H2,1H3,(H,18,21)(H,20,22)/t14-/m1/s1. The van der Waals surface area contributed by atoms with Gasteiger partial charge in [0.15, 0.2) is 0 Å². The Morgan fingerprint density at radius 1 is 1.39 bits per heavy atom. The normalized spacial score (nSPS) is 16.0. The van der Waals surface area contributed by atoms with Crippen LogP contribution in [0.15, 0.2) is 29.6 Å². The summed E-state index contributed by atoms with van der Waals surface area (Å²) in [6.45, 7) is 2.61. The van der Waals surface area contributed by atoms with Gasteiger partial charge in [-0.3, -0.25) is 9.59 Å². The smallest absolute Gasteiger partial charge is 0.252 e. The summed E-state index contributed by atoms with van der Waals surface area (Å²) in [6.07, 6.45) is 2.02. The highest BCUT2D eigenvalue weighted by atomic mass is 32.1. The number of nitrogens with one attached hydrogen (secondary N) is 2. The molecule has 1 atom stereocenters. The predicted molar refractivity (Wildman–Crippen MR) is 89.4 cm³/mol. The number of aromatic nitrogens is 1. The Morgan fingerprint density at radius 3 is 3.00 bits per heavy atom. The van der Waals surface area contributed by atoms with E-state index < -0.39 is 0 Å². The highest BCUT2D eigenvalue weighted by Gasteiger charge is 2.29. The van der Waals surface area contributed by atoms with Crippen molar-refractivity contribution in [1.82, 2.24) is 15.6 Å². The molecule has 0 spiro atoms. The van der Waals surface area contributed by atoms with Crippen LogP contribution in [0.1, 0.15) is 45.5 Å². The second-order valence-electron chi connectivity index (χ2n) is 5.65. The molecule has 1 aliphatic rings. The molecule has 0 radical (unpaired) electrons. The van der Waals surface area contributed by atoms with Crippen molar-refractivity contribution < 1.29 is 9.59 Å². The lowest BCUT2D eigenvalue weighted by molar-refractivity contribution is -0.121. The monoisotopic (exact) mass is 329 g/mol. The zero-order valence-corrected chi connectivity index (χ0v) is 13.8. The summed E-state index contributed by atoms with van der Waals surface area (Å²) in [4.78, 5) is 28.3. The van der Waals surface area contributed by atoms with Crippen molar-refractivity contribution in [3.05, 3.63) is 51.5 Å². The number of amides is 2. The average Bonchev–Trinajstić information content (AvgIpc) is 3.09. The molecule has 6 heteroatoms. The van der Waals surface area contributed by atoms with Crippen LogP contribution in [0.4, 0.5) is 0 Å². The van der Waals surface area contributed by atoms with Gasteiger partial charge in [-0.2, -0.15) is 0 Å². The van der Waals surface area contributed by atoms with E-state index in [-0.39, 0.29) is 24.3 Å². The molecule has 3 rings (SSSR count). The molecule has 2 heterocycles. The van der Waals surface area contributed by atoms with Crippen molar-refractivity contribution in [3.63, 3.8) is 0 Å². The van der Waals surface area contributed by atoms with E-state index in [1.54, 1.807) is 17.4 Å². The topological polar surface area (TPSA) is 71.1 Å². The second-order valence-corrected chi connectivity index (χ2v) is 6.60. The molecule has 5 nitrogen and oxygen atoms in total. The highest BCUT2D eigenvalue weighted by Crippen LogP contribution is 2.27. The van der Waals surface area contributed by atoms with E-state index in [1.165, 1.54) is 0 Å². The van der Waals surface area contributed by atoms with Crippen LogP contribution in [0.25, 0.3) is 0 Å². The maximum absolute atomic E-state index is 12.1. The predicted octanol–water partition coefficient (Wildman–Crippen LogP) is 2.38. The van der Waals surface area contributed by atoms with Crippen molar-refractivity contribution in [2.24, 2.45) is 0 Å². The Bertz CT molecular complexity index is 726. The van der Waals surface area contributed by atoms with E-state index in [4.69, 9.17) is 0 Å². The molecule has 1 aromatic carbocycles. The first-order chi connectivity index (χ1) is 11.1. The summed E-state index contributed by atoms with van der Waals surface area (Å²) in [5.41, 5.74) is 2.63. The number of carbonyl (C=O) groups excluding carboxylic acids is 2. The summed E-state index contributed by atoms with van der Waals surface area (Å²) < 4.78 is 0. The Labute approximate surface area is 139 Å². The summed E-state index contributed by atoms with van der Waals surface area (Å²) in [5, 5.41) is 8.92. The third-order valence-corrected chi connectivity index (χ3v) is 4.86. The fraction of sp³-hybridized carbons (Fsp3) is 0.353. The average molecular weight is 329 g/mol. The Kier molecular flexibility index (Phi) is 4.71. The Morgan fingerprint density at radius 2 is 2.22 bits per heavy atom. The number of nitrogens with zero attached hydrogens (tertiary/aromatic N) is 1. The summed E-state index contributed by atoms with van der Waals surface area (Å²) in [5.74, 6) is -0.139. The van der Waals surface area contributed by atoms with Gasteiger partial charge in [0.25, 0.3) is 5.91 Å². The molecule has 0 saturated carbocycles. The Balaban J connectivity index is 1.44. The minimum Gasteiger partial charge on any atom is -0.356 e. The van der Waals surface area contributed by atoms with Gasteiger partial charge in [0.2, 0.25) is 5.91 Å². The van der Waals surface area contributed by atoms with Crippen molar-refractivity contribution in [1.29, 1.82) is 0 Å². The SMILES string of the molecule is Cc1csc(CCCNC(=O)C[C@H]2NC(=O)c3ccccc32)n1. The maximum atomic E-state index is 12.1. The van der Waals surface area contributed by atoms with Crippen molar-refractivity contribution in [2.75, 3.05) is 6.54 Å². The van der Waals surface area contributed by atoms with Crippen LogP contribution in [0.3, 0.4) is 0 Å². The number of carbonyl (C=O) groups is 2. The number of hydrogen-bond acceptors (Lipinski definition) is 4. The summed E-state index contributed by atoms with van der Waals surface area (Å²) in [6, 6.07) is 7.19. The van der Waals surface area contributed by atoms with Gasteiger partial charge in [0.1, 0.15) is 0 Å². The third kappa shape index (κ3) is 3.76. The van der Waals surface area contributed by atoms with Crippen LogP contribution in [-0.2, 0) is 11.2 Å². The van der Waals surface area contributed by atoms with E-state index in [1.807, 2.05) is 30.5 Å². The number of fused-ring (bicyclic) bond motifs is 1. The molecule has 0 bridgehead atoms. The molecular weight excluding hydrogens is 310 g/mol. The number of hydrogen-bond donors (Lipinski definition) is 2. The molecule has 0 fully saturated rings. The molecule has 2 N–H and O–H groups in total. The quantitative estimate of drug-likeness (QED) is 0.799. The molecule has 0 unspecified atom stereocenters. The first-order valence-corrected chi connectivity index (χ1v) is 8.59. The highest BCUT2D eigenvalue weighted by molar-refractivity contribution is 7.09. The van der Waals surface area contributed by atoms with Gasteiger partial charge in [0.05, 0.1) is 17.5 Å². The molecule has 1 aliphatic heterocycles. The van der Waals surface area contributed by atoms with Crippen LogP contribution in [0.2, 0.25) is 0 Å².